The van der Waals surface area contributed by atoms with Crippen molar-refractivity contribution in [2.45, 2.75) is 31.6 Å². The average molecular weight is 909 g/mol. The molecule has 338 valence electrons. The van der Waals surface area contributed by atoms with Gasteiger partial charge in [0.15, 0.2) is 0 Å². The number of hydrogen-bond acceptors (Lipinski definition) is 1. The van der Waals surface area contributed by atoms with Gasteiger partial charge in [0.2, 0.25) is 0 Å². The van der Waals surface area contributed by atoms with Gasteiger partial charge in [-0.1, -0.05) is 221 Å². The van der Waals surface area contributed by atoms with Crippen LogP contribution in [0, 0.1) is 0 Å². The first-order chi connectivity index (χ1) is 34.8. The summed E-state index contributed by atoms with van der Waals surface area (Å²) in [5.41, 5.74) is 20.4. The lowest BCUT2D eigenvalue weighted by Crippen LogP contribution is -2.28. The van der Waals surface area contributed by atoms with Crippen LogP contribution in [0.2, 0.25) is 0 Å². The van der Waals surface area contributed by atoms with Crippen LogP contribution >= 0.6 is 0 Å². The van der Waals surface area contributed by atoms with Crippen molar-refractivity contribution in [2.24, 2.45) is 0 Å². The standard InChI is InChI=1S/C69H52N2/c1-68(2,3)52-36-40-56(41-37-52)70(65-28-16-18-50-17-10-11-23-58(50)65)55-38-33-48(34-39-55)47-29-31-49(32-30-47)51-35-44-67-62(45-51)60-25-13-15-27-66(60)71(67)57-42-43-64-61(46-57)59-24-12-14-26-63(59)69(64,53-19-6-4-7-20-53)54-21-8-5-9-22-54/h4-46H,1-3H3. The zero-order chi connectivity index (χ0) is 47.7. The quantitative estimate of drug-likeness (QED) is 0.147. The maximum atomic E-state index is 2.46. The Bertz CT molecular complexity index is 3890. The van der Waals surface area contributed by atoms with Gasteiger partial charge < -0.3 is 9.47 Å². The van der Waals surface area contributed by atoms with Crippen LogP contribution in [-0.2, 0) is 10.8 Å². The number of nitrogens with zero attached hydrogens (tertiary/aromatic N) is 2. The Labute approximate surface area is 416 Å². The molecule has 0 bridgehead atoms. The highest BCUT2D eigenvalue weighted by Gasteiger charge is 2.46. The Morgan fingerprint density at radius 2 is 0.887 bits per heavy atom. The van der Waals surface area contributed by atoms with E-state index >= 15 is 0 Å². The normalized spacial score (nSPS) is 12.8. The van der Waals surface area contributed by atoms with E-state index in [-0.39, 0.29) is 5.41 Å². The van der Waals surface area contributed by atoms with Gasteiger partial charge in [0.25, 0.3) is 0 Å². The summed E-state index contributed by atoms with van der Waals surface area (Å²) in [5.74, 6) is 0. The van der Waals surface area contributed by atoms with E-state index in [0.717, 1.165) is 22.7 Å². The predicted octanol–water partition coefficient (Wildman–Crippen LogP) is 18.4. The van der Waals surface area contributed by atoms with E-state index in [4.69, 9.17) is 0 Å². The first kappa shape index (κ1) is 42.4. The van der Waals surface area contributed by atoms with Crippen molar-refractivity contribution in [3.8, 4) is 39.1 Å². The minimum atomic E-state index is -0.430. The molecule has 11 aromatic carbocycles. The van der Waals surface area contributed by atoms with E-state index in [1.165, 1.54) is 93.8 Å². The topological polar surface area (TPSA) is 8.17 Å². The lowest BCUT2D eigenvalue weighted by Gasteiger charge is -2.33. The van der Waals surface area contributed by atoms with Gasteiger partial charge >= 0.3 is 0 Å². The summed E-state index contributed by atoms with van der Waals surface area (Å²) in [7, 11) is 0. The van der Waals surface area contributed by atoms with Gasteiger partial charge in [-0.3, -0.25) is 0 Å². The maximum Gasteiger partial charge on any atom is 0.0713 e. The molecule has 71 heavy (non-hydrogen) atoms. The van der Waals surface area contributed by atoms with Crippen molar-refractivity contribution >= 4 is 49.6 Å². The van der Waals surface area contributed by atoms with Gasteiger partial charge in [-0.05, 0) is 133 Å². The molecule has 0 fully saturated rings. The summed E-state index contributed by atoms with van der Waals surface area (Å²) in [4.78, 5) is 2.39. The lowest BCUT2D eigenvalue weighted by molar-refractivity contribution is 0.590. The summed E-state index contributed by atoms with van der Waals surface area (Å²) < 4.78 is 2.46. The van der Waals surface area contributed by atoms with E-state index in [2.05, 4.69) is 291 Å². The van der Waals surface area contributed by atoms with Gasteiger partial charge in [-0.2, -0.15) is 0 Å². The molecule has 0 aliphatic heterocycles. The summed E-state index contributed by atoms with van der Waals surface area (Å²) in [6, 6.07) is 96.5. The zero-order valence-corrected chi connectivity index (χ0v) is 40.2. The van der Waals surface area contributed by atoms with Crippen LogP contribution in [0.4, 0.5) is 17.1 Å². The lowest BCUT2D eigenvalue weighted by atomic mass is 9.68. The van der Waals surface area contributed by atoms with Crippen molar-refractivity contribution in [1.29, 1.82) is 0 Å². The van der Waals surface area contributed by atoms with Crippen molar-refractivity contribution in [2.75, 3.05) is 4.90 Å². The molecule has 0 saturated carbocycles. The van der Waals surface area contributed by atoms with Crippen molar-refractivity contribution in [1.82, 2.24) is 4.57 Å². The van der Waals surface area contributed by atoms with Crippen LogP contribution in [0.3, 0.4) is 0 Å². The van der Waals surface area contributed by atoms with Gasteiger partial charge in [-0.25, -0.2) is 0 Å². The molecule has 0 radical (unpaired) electrons. The molecule has 0 unspecified atom stereocenters. The fourth-order valence-electron chi connectivity index (χ4n) is 11.6. The fourth-order valence-corrected chi connectivity index (χ4v) is 11.6. The Hall–Kier alpha value is -8.72. The highest BCUT2D eigenvalue weighted by molar-refractivity contribution is 6.10. The molecule has 0 atom stereocenters. The Morgan fingerprint density at radius 1 is 0.366 bits per heavy atom. The molecular weight excluding hydrogens is 857 g/mol. The van der Waals surface area contributed by atoms with Crippen LogP contribution < -0.4 is 4.90 Å². The Morgan fingerprint density at radius 3 is 1.58 bits per heavy atom. The number of hydrogen-bond donors (Lipinski definition) is 0. The first-order valence-electron chi connectivity index (χ1n) is 24.8. The molecule has 12 aromatic rings. The van der Waals surface area contributed by atoms with E-state index in [1.807, 2.05) is 0 Å². The molecule has 2 heteroatoms. The number of aromatic nitrogens is 1. The molecular formula is C69H52N2. The SMILES string of the molecule is CC(C)(C)c1ccc(N(c2ccc(-c3ccc(-c4ccc5c(c4)c4ccccc4n5-c4ccc5c(c4)-c4ccccc4C5(c4ccccc4)c4ccccc4)cc3)cc2)c2cccc3ccccc23)cc1. The minimum absolute atomic E-state index is 0.0760. The van der Waals surface area contributed by atoms with E-state index < -0.39 is 5.41 Å². The van der Waals surface area contributed by atoms with E-state index in [1.54, 1.807) is 0 Å². The van der Waals surface area contributed by atoms with Gasteiger partial charge in [-0.15, -0.1) is 0 Å². The summed E-state index contributed by atoms with van der Waals surface area (Å²) in [6.45, 7) is 6.81. The third-order valence-electron chi connectivity index (χ3n) is 15.0. The molecule has 1 aromatic heterocycles. The highest BCUT2D eigenvalue weighted by Crippen LogP contribution is 2.56. The maximum absolute atomic E-state index is 2.46. The molecule has 0 saturated heterocycles. The smallest absolute Gasteiger partial charge is 0.0713 e. The van der Waals surface area contributed by atoms with Crippen molar-refractivity contribution in [3.05, 3.63) is 289 Å². The van der Waals surface area contributed by atoms with E-state index in [9.17, 15) is 0 Å². The van der Waals surface area contributed by atoms with Crippen molar-refractivity contribution < 1.29 is 0 Å². The highest BCUT2D eigenvalue weighted by atomic mass is 15.1. The third kappa shape index (κ3) is 6.93. The van der Waals surface area contributed by atoms with Crippen LogP contribution in [0.5, 0.6) is 0 Å². The largest absolute Gasteiger partial charge is 0.310 e. The zero-order valence-electron chi connectivity index (χ0n) is 40.2. The molecule has 2 nitrogen and oxygen atoms in total. The van der Waals surface area contributed by atoms with E-state index in [0.29, 0.717) is 0 Å². The minimum Gasteiger partial charge on any atom is -0.310 e. The molecule has 0 amide bonds. The Kier molecular flexibility index (Phi) is 10.0. The summed E-state index contributed by atoms with van der Waals surface area (Å²) in [6.07, 6.45) is 0. The number of para-hydroxylation sites is 1. The third-order valence-corrected chi connectivity index (χ3v) is 15.0. The predicted molar refractivity (Wildman–Crippen MR) is 300 cm³/mol. The second-order valence-electron chi connectivity index (χ2n) is 20.1. The Balaban J connectivity index is 0.850. The van der Waals surface area contributed by atoms with Crippen LogP contribution in [0.15, 0.2) is 261 Å². The first-order valence-corrected chi connectivity index (χ1v) is 24.8. The number of benzene rings is 11. The fraction of sp³-hybridized carbons (Fsp3) is 0.0725. The second kappa shape index (κ2) is 16.8. The van der Waals surface area contributed by atoms with Gasteiger partial charge in [0.05, 0.1) is 22.1 Å². The average Bonchev–Trinajstić information content (AvgIpc) is 3.92. The second-order valence-corrected chi connectivity index (χ2v) is 20.1. The van der Waals surface area contributed by atoms with Crippen LogP contribution in [0.1, 0.15) is 48.6 Å². The van der Waals surface area contributed by atoms with Crippen molar-refractivity contribution in [3.63, 3.8) is 0 Å². The monoisotopic (exact) mass is 908 g/mol. The van der Waals surface area contributed by atoms with Gasteiger partial charge in [0, 0.05) is 33.2 Å². The molecule has 13 rings (SSSR count). The van der Waals surface area contributed by atoms with Crippen LogP contribution in [0.25, 0.3) is 71.6 Å². The summed E-state index contributed by atoms with van der Waals surface area (Å²) in [5, 5.41) is 4.93. The number of anilines is 3. The molecule has 1 aliphatic carbocycles. The summed E-state index contributed by atoms with van der Waals surface area (Å²) >= 11 is 0. The van der Waals surface area contributed by atoms with Gasteiger partial charge in [0.1, 0.15) is 0 Å². The number of fused-ring (bicyclic) bond motifs is 7. The molecule has 1 aliphatic rings. The molecule has 0 N–H and O–H groups in total. The molecule has 1 heterocycles. The molecule has 0 spiro atoms. The van der Waals surface area contributed by atoms with Crippen LogP contribution in [-0.4, -0.2) is 4.57 Å². The number of rotatable bonds is 8.